The van der Waals surface area contributed by atoms with Crippen molar-refractivity contribution in [2.45, 2.75) is 24.9 Å². The Labute approximate surface area is 172 Å². The summed E-state index contributed by atoms with van der Waals surface area (Å²) >= 11 is 0. The average molecular weight is 399 g/mol. The molecule has 4 N–H and O–H groups in total. The number of pyridine rings is 2. The lowest BCUT2D eigenvalue weighted by atomic mass is 9.93. The molecule has 6 rings (SSSR count). The van der Waals surface area contributed by atoms with Gasteiger partial charge in [0.25, 0.3) is 0 Å². The van der Waals surface area contributed by atoms with Crippen molar-refractivity contribution in [3.05, 3.63) is 65.9 Å². The van der Waals surface area contributed by atoms with Crippen molar-refractivity contribution >= 4 is 16.7 Å². The highest BCUT2D eigenvalue weighted by Gasteiger charge is 2.29. The van der Waals surface area contributed by atoms with Gasteiger partial charge in [-0.25, -0.2) is 4.98 Å². The molecule has 8 nitrogen and oxygen atoms in total. The molecule has 0 aromatic carbocycles. The van der Waals surface area contributed by atoms with Crippen molar-refractivity contribution < 1.29 is 4.42 Å². The molecule has 1 unspecified atom stereocenters. The van der Waals surface area contributed by atoms with E-state index in [0.29, 0.717) is 17.5 Å². The van der Waals surface area contributed by atoms with Crippen LogP contribution in [0, 0.1) is 0 Å². The number of nitrogens with two attached hydrogens (primary N) is 1. The van der Waals surface area contributed by atoms with Gasteiger partial charge in [0, 0.05) is 34.5 Å². The Balaban J connectivity index is 1.44. The summed E-state index contributed by atoms with van der Waals surface area (Å²) in [6.45, 7) is 2.05. The Morgan fingerprint density at radius 2 is 1.97 bits per heavy atom. The highest BCUT2D eigenvalue weighted by atomic mass is 16.3. The second kappa shape index (κ2) is 6.86. The molecule has 1 saturated heterocycles. The predicted molar refractivity (Wildman–Crippen MR) is 113 cm³/mol. The van der Waals surface area contributed by atoms with Crippen molar-refractivity contribution in [3.63, 3.8) is 0 Å². The van der Waals surface area contributed by atoms with Crippen molar-refractivity contribution in [2.75, 3.05) is 13.1 Å². The molecule has 0 aliphatic carbocycles. The lowest BCUT2D eigenvalue weighted by Crippen LogP contribution is -2.27. The minimum absolute atomic E-state index is 0.427. The summed E-state index contributed by atoms with van der Waals surface area (Å²) in [7, 11) is 0. The Bertz CT molecular complexity index is 1250. The lowest BCUT2D eigenvalue weighted by molar-refractivity contribution is 0.453. The summed E-state index contributed by atoms with van der Waals surface area (Å²) in [6, 6.07) is 6.07. The monoisotopic (exact) mass is 399 g/mol. The summed E-state index contributed by atoms with van der Waals surface area (Å²) in [5.74, 6) is 1.12. The summed E-state index contributed by atoms with van der Waals surface area (Å²) in [5.41, 5.74) is 13.4. The van der Waals surface area contributed by atoms with E-state index < -0.39 is 6.17 Å². The molecule has 4 aromatic rings. The first-order valence-electron chi connectivity index (χ1n) is 10.2. The summed E-state index contributed by atoms with van der Waals surface area (Å²) in [6.07, 6.45) is 8.65. The van der Waals surface area contributed by atoms with E-state index in [4.69, 9.17) is 20.1 Å². The van der Waals surface area contributed by atoms with Gasteiger partial charge in [0.05, 0.1) is 29.9 Å². The number of nitrogens with zero attached hydrogens (tertiary/aromatic N) is 4. The van der Waals surface area contributed by atoms with E-state index in [1.165, 1.54) is 0 Å². The van der Waals surface area contributed by atoms with Crippen LogP contribution in [-0.4, -0.2) is 38.7 Å². The van der Waals surface area contributed by atoms with Crippen LogP contribution in [0.3, 0.4) is 0 Å². The van der Waals surface area contributed by atoms with Gasteiger partial charge in [-0.2, -0.15) is 0 Å². The van der Waals surface area contributed by atoms with E-state index >= 15 is 0 Å². The van der Waals surface area contributed by atoms with Crippen LogP contribution < -0.4 is 11.1 Å². The number of hydrogen-bond donors (Lipinski definition) is 3. The SMILES string of the molecule is NC1N=C(c2nc3c(-c4ccoc4)cncc3[nH]2)c2nc(C3CCNCC3)ccc21. The maximum Gasteiger partial charge on any atom is 0.159 e. The minimum Gasteiger partial charge on any atom is -0.472 e. The van der Waals surface area contributed by atoms with Gasteiger partial charge in [0.15, 0.2) is 5.82 Å². The first-order chi connectivity index (χ1) is 14.8. The molecule has 0 bridgehead atoms. The Kier molecular flexibility index (Phi) is 4.00. The molecule has 2 aliphatic rings. The fourth-order valence-electron chi connectivity index (χ4n) is 4.38. The van der Waals surface area contributed by atoms with E-state index in [-0.39, 0.29) is 0 Å². The van der Waals surface area contributed by atoms with E-state index in [0.717, 1.165) is 65.0 Å². The number of furan rings is 1. The third-order valence-corrected chi connectivity index (χ3v) is 5.97. The van der Waals surface area contributed by atoms with Crippen molar-refractivity contribution in [1.82, 2.24) is 25.3 Å². The molecule has 1 fully saturated rings. The maximum atomic E-state index is 6.30. The van der Waals surface area contributed by atoms with Crippen LogP contribution in [0.25, 0.3) is 22.2 Å². The third-order valence-electron chi connectivity index (χ3n) is 5.97. The quantitative estimate of drug-likeness (QED) is 0.487. The predicted octanol–water partition coefficient (Wildman–Crippen LogP) is 2.89. The zero-order chi connectivity index (χ0) is 20.1. The van der Waals surface area contributed by atoms with Crippen LogP contribution in [-0.2, 0) is 0 Å². The van der Waals surface area contributed by atoms with Crippen molar-refractivity contribution in [2.24, 2.45) is 10.7 Å². The van der Waals surface area contributed by atoms with Crippen LogP contribution in [0.2, 0.25) is 0 Å². The average Bonchev–Trinajstić information content (AvgIpc) is 3.53. The van der Waals surface area contributed by atoms with Crippen LogP contribution >= 0.6 is 0 Å². The van der Waals surface area contributed by atoms with Crippen LogP contribution in [0.1, 0.15) is 47.7 Å². The molecule has 1 atom stereocenters. The van der Waals surface area contributed by atoms with E-state index in [2.05, 4.69) is 32.4 Å². The number of aromatic amines is 1. The summed E-state index contributed by atoms with van der Waals surface area (Å²) < 4.78 is 5.24. The number of aromatic nitrogens is 4. The standard InChI is InChI=1S/C22H21N7O/c23-21-14-1-2-16(12-3-6-24-7-4-12)26-19(14)20(28-21)22-27-17-10-25-9-15(18(17)29-22)13-5-8-30-11-13/h1-2,5,8-12,21,24H,3-4,6-7,23H2,(H,27,29). The highest BCUT2D eigenvalue weighted by Crippen LogP contribution is 2.32. The van der Waals surface area contributed by atoms with Crippen LogP contribution in [0.4, 0.5) is 0 Å². The highest BCUT2D eigenvalue weighted by molar-refractivity contribution is 6.13. The molecule has 0 saturated carbocycles. The number of piperidine rings is 1. The van der Waals surface area contributed by atoms with Gasteiger partial charge in [-0.3, -0.25) is 15.0 Å². The van der Waals surface area contributed by atoms with Gasteiger partial charge in [0.1, 0.15) is 17.4 Å². The number of H-pyrrole nitrogens is 1. The number of hydrogen-bond acceptors (Lipinski definition) is 7. The second-order valence-corrected chi connectivity index (χ2v) is 7.80. The van der Waals surface area contributed by atoms with Crippen LogP contribution in [0.15, 0.2) is 52.5 Å². The largest absolute Gasteiger partial charge is 0.472 e. The number of aliphatic imine (C=N–C) groups is 1. The fourth-order valence-corrected chi connectivity index (χ4v) is 4.38. The van der Waals surface area contributed by atoms with Gasteiger partial charge in [-0.1, -0.05) is 6.07 Å². The summed E-state index contributed by atoms with van der Waals surface area (Å²) in [4.78, 5) is 22.2. The molecule has 0 amide bonds. The van der Waals surface area contributed by atoms with Gasteiger partial charge in [0.2, 0.25) is 0 Å². The zero-order valence-electron chi connectivity index (χ0n) is 16.3. The molecular weight excluding hydrogens is 378 g/mol. The Hall–Kier alpha value is -3.36. The molecule has 0 radical (unpaired) electrons. The minimum atomic E-state index is -0.427. The molecule has 30 heavy (non-hydrogen) atoms. The number of rotatable bonds is 3. The molecule has 150 valence electrons. The molecule has 8 heteroatoms. The number of imidazole rings is 1. The number of fused-ring (bicyclic) bond motifs is 2. The zero-order valence-corrected chi connectivity index (χ0v) is 16.3. The van der Waals surface area contributed by atoms with E-state index in [1.807, 2.05) is 6.07 Å². The summed E-state index contributed by atoms with van der Waals surface area (Å²) in [5, 5.41) is 3.41. The van der Waals surface area contributed by atoms with Crippen molar-refractivity contribution in [3.8, 4) is 11.1 Å². The topological polar surface area (TPSA) is 118 Å². The van der Waals surface area contributed by atoms with Gasteiger partial charge >= 0.3 is 0 Å². The number of nitrogens with one attached hydrogen (secondary N) is 2. The Morgan fingerprint density at radius 1 is 1.07 bits per heavy atom. The molecule has 2 aliphatic heterocycles. The van der Waals surface area contributed by atoms with Crippen molar-refractivity contribution in [1.29, 1.82) is 0 Å². The lowest BCUT2D eigenvalue weighted by Gasteiger charge is -2.22. The third kappa shape index (κ3) is 2.76. The van der Waals surface area contributed by atoms with E-state index in [1.54, 1.807) is 24.9 Å². The fraction of sp³-hybridized carbons (Fsp3) is 0.273. The molecule has 6 heterocycles. The normalized spacial score (nSPS) is 19.2. The Morgan fingerprint density at radius 3 is 2.80 bits per heavy atom. The first-order valence-corrected chi connectivity index (χ1v) is 10.2. The van der Waals surface area contributed by atoms with Gasteiger partial charge in [-0.15, -0.1) is 0 Å². The van der Waals surface area contributed by atoms with E-state index in [9.17, 15) is 0 Å². The smallest absolute Gasteiger partial charge is 0.159 e. The molecule has 4 aromatic heterocycles. The maximum absolute atomic E-state index is 6.30. The molecule has 0 spiro atoms. The van der Waals surface area contributed by atoms with Gasteiger partial charge < -0.3 is 20.5 Å². The first kappa shape index (κ1) is 17.5. The molecular formula is C22H21N7O. The second-order valence-electron chi connectivity index (χ2n) is 7.80. The van der Waals surface area contributed by atoms with Crippen LogP contribution in [0.5, 0.6) is 0 Å². The van der Waals surface area contributed by atoms with Gasteiger partial charge in [-0.05, 0) is 38.1 Å².